The van der Waals surface area contributed by atoms with Gasteiger partial charge in [0.2, 0.25) is 0 Å². The third kappa shape index (κ3) is 7.06. The lowest BCUT2D eigenvalue weighted by Crippen LogP contribution is -2.48. The fourth-order valence-corrected chi connectivity index (χ4v) is 5.97. The van der Waals surface area contributed by atoms with Crippen LogP contribution in [0.1, 0.15) is 42.9 Å². The molecule has 7 heteroatoms. The van der Waals surface area contributed by atoms with Gasteiger partial charge in [0.1, 0.15) is 10.9 Å². The van der Waals surface area contributed by atoms with Crippen LogP contribution in [0.25, 0.3) is 0 Å². The number of thiophene rings is 1. The second kappa shape index (κ2) is 13.3. The zero-order valence-electron chi connectivity index (χ0n) is 21.0. The van der Waals surface area contributed by atoms with E-state index in [9.17, 15) is 10.5 Å². The van der Waals surface area contributed by atoms with E-state index in [2.05, 4.69) is 71.0 Å². The Morgan fingerprint density at radius 3 is 2.20 bits per heavy atom. The normalized spacial score (nSPS) is 16.2. The summed E-state index contributed by atoms with van der Waals surface area (Å²) in [7, 11) is 0. The van der Waals surface area contributed by atoms with Crippen LogP contribution in [0.4, 0.5) is 5.69 Å². The predicted molar refractivity (Wildman–Crippen MR) is 142 cm³/mol. The summed E-state index contributed by atoms with van der Waals surface area (Å²) in [5.74, 6) is 0.197. The minimum Gasteiger partial charge on any atom is -0.369 e. The van der Waals surface area contributed by atoms with E-state index in [0.717, 1.165) is 70.1 Å². The van der Waals surface area contributed by atoms with Gasteiger partial charge in [-0.15, -0.1) is 11.3 Å². The van der Waals surface area contributed by atoms with E-state index in [0.29, 0.717) is 11.3 Å². The summed E-state index contributed by atoms with van der Waals surface area (Å²) in [5, 5.41) is 28.4. The highest BCUT2D eigenvalue weighted by Crippen LogP contribution is 2.40. The van der Waals surface area contributed by atoms with Crippen LogP contribution in [-0.4, -0.2) is 62.2 Å². The average Bonchev–Trinajstić information content (AvgIpc) is 3.38. The number of hydrogen-bond donors (Lipinski definition) is 0. The Morgan fingerprint density at radius 2 is 1.63 bits per heavy atom. The topological polar surface area (TPSA) is 81.1 Å². The van der Waals surface area contributed by atoms with E-state index in [1.54, 1.807) is 0 Å². The van der Waals surface area contributed by atoms with Gasteiger partial charge in [-0.05, 0) is 49.6 Å². The van der Waals surface area contributed by atoms with Crippen LogP contribution in [0.5, 0.6) is 0 Å². The van der Waals surface area contributed by atoms with Gasteiger partial charge in [0, 0.05) is 56.4 Å². The molecule has 35 heavy (non-hydrogen) atoms. The fourth-order valence-electron chi connectivity index (χ4n) is 4.85. The van der Waals surface area contributed by atoms with Crippen molar-refractivity contribution in [3.63, 3.8) is 0 Å². The first-order chi connectivity index (χ1) is 17.0. The van der Waals surface area contributed by atoms with Crippen LogP contribution in [0.2, 0.25) is 0 Å². The van der Waals surface area contributed by atoms with Gasteiger partial charge in [0.05, 0.1) is 24.0 Å². The van der Waals surface area contributed by atoms with Crippen molar-refractivity contribution in [3.05, 3.63) is 52.2 Å². The first-order valence-corrected chi connectivity index (χ1v) is 13.4. The molecule has 2 heterocycles. The Bertz CT molecular complexity index is 1040. The van der Waals surface area contributed by atoms with Crippen molar-refractivity contribution >= 4 is 17.0 Å². The van der Waals surface area contributed by atoms with Gasteiger partial charge in [0.15, 0.2) is 0 Å². The van der Waals surface area contributed by atoms with Crippen LogP contribution in [0.15, 0.2) is 42.5 Å². The lowest BCUT2D eigenvalue weighted by Gasteiger charge is -2.37. The van der Waals surface area contributed by atoms with E-state index >= 15 is 0 Å². The van der Waals surface area contributed by atoms with E-state index in [1.807, 2.05) is 18.2 Å². The maximum absolute atomic E-state index is 10.1. The molecule has 0 radical (unpaired) electrons. The first-order valence-electron chi connectivity index (χ1n) is 12.6. The van der Waals surface area contributed by atoms with E-state index in [4.69, 9.17) is 5.26 Å². The van der Waals surface area contributed by atoms with Crippen LogP contribution in [-0.2, 0) is 5.41 Å². The molecule has 6 nitrogen and oxygen atoms in total. The number of nitrogens with zero attached hydrogens (tertiary/aromatic N) is 6. The summed E-state index contributed by atoms with van der Waals surface area (Å²) in [6.07, 6.45) is 2.33. The molecule has 0 bridgehead atoms. The van der Waals surface area contributed by atoms with Gasteiger partial charge in [-0.2, -0.15) is 15.8 Å². The van der Waals surface area contributed by atoms with E-state index in [1.165, 1.54) is 17.0 Å². The minimum atomic E-state index is -0.522. The molecule has 0 saturated carbocycles. The molecule has 1 unspecified atom stereocenters. The zero-order valence-corrected chi connectivity index (χ0v) is 21.8. The standard InChI is InChI=1S/C28H36N6S/c1-24(2)28(23-31,27-11-10-26(22-30)35-27)12-6-14-32-16-18-33(19-17-32)20-21-34(15-7-13-29)25-8-4-3-5-9-25/h3-5,8-11,24H,6-7,12,14-21H2,1-2H3. The lowest BCUT2D eigenvalue weighted by molar-refractivity contribution is 0.130. The molecular weight excluding hydrogens is 452 g/mol. The smallest absolute Gasteiger partial charge is 0.110 e. The van der Waals surface area contributed by atoms with E-state index < -0.39 is 5.41 Å². The molecule has 1 fully saturated rings. The Balaban J connectivity index is 1.46. The average molecular weight is 489 g/mol. The van der Waals surface area contributed by atoms with Crippen molar-refractivity contribution in [1.29, 1.82) is 15.8 Å². The maximum Gasteiger partial charge on any atom is 0.110 e. The summed E-state index contributed by atoms with van der Waals surface area (Å²) in [4.78, 5) is 9.04. The molecular formula is C28H36N6S. The number of benzene rings is 1. The summed E-state index contributed by atoms with van der Waals surface area (Å²) >= 11 is 1.46. The van der Waals surface area contributed by atoms with Crippen molar-refractivity contribution in [3.8, 4) is 18.2 Å². The summed E-state index contributed by atoms with van der Waals surface area (Å²) < 4.78 is 0. The quantitative estimate of drug-likeness (QED) is 0.425. The van der Waals surface area contributed by atoms with Gasteiger partial charge in [-0.25, -0.2) is 0 Å². The molecule has 0 spiro atoms. The highest BCUT2D eigenvalue weighted by Gasteiger charge is 2.37. The summed E-state index contributed by atoms with van der Waals surface area (Å²) in [6, 6.07) is 21.3. The van der Waals surface area contributed by atoms with Crippen LogP contribution < -0.4 is 4.90 Å². The molecule has 2 aromatic rings. The van der Waals surface area contributed by atoms with Crippen molar-refractivity contribution in [2.45, 2.75) is 38.5 Å². The molecule has 1 aromatic heterocycles. The first kappa shape index (κ1) is 26.7. The summed E-state index contributed by atoms with van der Waals surface area (Å²) in [5.41, 5.74) is 0.659. The SMILES string of the molecule is CC(C)C(C#N)(CCCN1CCN(CCN(CCC#N)c2ccccc2)CC1)c1ccc(C#N)s1. The van der Waals surface area contributed by atoms with Gasteiger partial charge in [-0.1, -0.05) is 32.0 Å². The molecule has 1 aromatic carbocycles. The second-order valence-electron chi connectivity index (χ2n) is 9.53. The van der Waals surface area contributed by atoms with Gasteiger partial charge >= 0.3 is 0 Å². The molecule has 0 N–H and O–H groups in total. The van der Waals surface area contributed by atoms with Gasteiger partial charge in [-0.3, -0.25) is 4.90 Å². The van der Waals surface area contributed by atoms with Crippen molar-refractivity contribution in [2.75, 3.05) is 57.3 Å². The number of hydrogen-bond acceptors (Lipinski definition) is 7. The van der Waals surface area contributed by atoms with Crippen molar-refractivity contribution in [1.82, 2.24) is 9.80 Å². The number of para-hydroxylation sites is 1. The zero-order chi connectivity index (χ0) is 25.1. The predicted octanol–water partition coefficient (Wildman–Crippen LogP) is 4.86. The maximum atomic E-state index is 10.1. The van der Waals surface area contributed by atoms with Crippen LogP contribution in [0, 0.1) is 39.9 Å². The minimum absolute atomic E-state index is 0.197. The molecule has 184 valence electrons. The third-order valence-electron chi connectivity index (χ3n) is 7.15. The van der Waals surface area contributed by atoms with Crippen molar-refractivity contribution < 1.29 is 0 Å². The molecule has 0 amide bonds. The molecule has 3 rings (SSSR count). The van der Waals surface area contributed by atoms with Crippen molar-refractivity contribution in [2.24, 2.45) is 5.92 Å². The molecule has 0 aliphatic carbocycles. The van der Waals surface area contributed by atoms with E-state index in [-0.39, 0.29) is 5.92 Å². The Hall–Kier alpha value is -2.89. The number of nitriles is 3. The largest absolute Gasteiger partial charge is 0.369 e. The van der Waals surface area contributed by atoms with Gasteiger partial charge < -0.3 is 9.80 Å². The summed E-state index contributed by atoms with van der Waals surface area (Å²) in [6.45, 7) is 12.1. The molecule has 1 aliphatic rings. The van der Waals surface area contributed by atoms with Gasteiger partial charge in [0.25, 0.3) is 0 Å². The third-order valence-corrected chi connectivity index (χ3v) is 8.32. The highest BCUT2D eigenvalue weighted by atomic mass is 32.1. The van der Waals surface area contributed by atoms with Crippen LogP contribution >= 0.6 is 11.3 Å². The Kier molecular flexibility index (Phi) is 10.1. The Morgan fingerprint density at radius 1 is 0.943 bits per heavy atom. The second-order valence-corrected chi connectivity index (χ2v) is 10.6. The fraction of sp³-hybridized carbons (Fsp3) is 0.536. The lowest BCUT2D eigenvalue weighted by atomic mass is 9.73. The highest BCUT2D eigenvalue weighted by molar-refractivity contribution is 7.12. The molecule has 1 atom stereocenters. The number of anilines is 1. The van der Waals surface area contributed by atoms with Crippen LogP contribution in [0.3, 0.4) is 0 Å². The number of piperazine rings is 1. The molecule has 1 saturated heterocycles. The monoisotopic (exact) mass is 488 g/mol. The molecule has 1 aliphatic heterocycles. The number of rotatable bonds is 12. The Labute approximate surface area is 214 Å².